The molecule has 0 aromatic carbocycles. The van der Waals surface area contributed by atoms with Crippen molar-refractivity contribution in [3.63, 3.8) is 0 Å². The molecule has 5 heteroatoms. The van der Waals surface area contributed by atoms with Gasteiger partial charge in [0.05, 0.1) is 13.2 Å². The SMILES string of the molecule is CCCC/C=C\C/C=C\CCCCCCCCC(=O)OCC(C(=O)CCCCCCCCC/C=C\C/C=C\CCCCC)N1CCOCC1. The van der Waals surface area contributed by atoms with Crippen molar-refractivity contribution < 1.29 is 19.1 Å². The molecular formula is C44H77NO4. The van der Waals surface area contributed by atoms with Gasteiger partial charge in [0.1, 0.15) is 12.6 Å². The molecule has 1 heterocycles. The molecule has 1 aliphatic rings. The summed E-state index contributed by atoms with van der Waals surface area (Å²) in [5.41, 5.74) is 0. The third kappa shape index (κ3) is 29.5. The monoisotopic (exact) mass is 684 g/mol. The number of esters is 1. The summed E-state index contributed by atoms with van der Waals surface area (Å²) < 4.78 is 11.2. The molecule has 0 aromatic rings. The van der Waals surface area contributed by atoms with Crippen LogP contribution in [0.5, 0.6) is 0 Å². The van der Waals surface area contributed by atoms with Crippen LogP contribution in [0.15, 0.2) is 48.6 Å². The minimum Gasteiger partial charge on any atom is -0.464 e. The number of nitrogens with zero attached hydrogens (tertiary/aromatic N) is 1. The van der Waals surface area contributed by atoms with Crippen molar-refractivity contribution in [2.75, 3.05) is 32.9 Å². The molecule has 49 heavy (non-hydrogen) atoms. The maximum absolute atomic E-state index is 13.2. The summed E-state index contributed by atoms with van der Waals surface area (Å²) >= 11 is 0. The first-order chi connectivity index (χ1) is 24.2. The summed E-state index contributed by atoms with van der Waals surface area (Å²) in [5.74, 6) is 0.0562. The number of unbranched alkanes of at least 4 members (excludes halogenated alkanes) is 18. The summed E-state index contributed by atoms with van der Waals surface area (Å²) in [7, 11) is 0. The van der Waals surface area contributed by atoms with Gasteiger partial charge in [-0.25, -0.2) is 0 Å². The first-order valence-electron chi connectivity index (χ1n) is 20.8. The molecular weight excluding hydrogens is 606 g/mol. The molecule has 5 nitrogen and oxygen atoms in total. The van der Waals surface area contributed by atoms with Crippen molar-refractivity contribution in [1.82, 2.24) is 4.90 Å². The number of morpholine rings is 1. The number of hydrogen-bond donors (Lipinski definition) is 0. The van der Waals surface area contributed by atoms with E-state index in [1.165, 1.54) is 109 Å². The summed E-state index contributed by atoms with van der Waals surface area (Å²) in [4.78, 5) is 27.9. The standard InChI is InChI=1S/C44H77NO4/c1-3-5-7-9-11-13-15-17-19-20-22-23-25-27-29-31-33-35-43(46)42(45-37-39-48-40-38-45)41-49-44(47)36-34-32-30-28-26-24-21-18-16-14-12-10-8-6-4-2/h10-13,16-19,42H,3-9,14-15,20-41H2,1-2H3/b12-10-,13-11-,18-16-,19-17-. The third-order valence-electron chi connectivity index (χ3n) is 9.47. The Balaban J connectivity index is 2.10. The predicted octanol–water partition coefficient (Wildman–Crippen LogP) is 12.2. The average molecular weight is 684 g/mol. The molecule has 0 spiro atoms. The Labute approximate surface area is 303 Å². The van der Waals surface area contributed by atoms with Gasteiger partial charge in [0.25, 0.3) is 0 Å². The predicted molar refractivity (Wildman–Crippen MR) is 210 cm³/mol. The van der Waals surface area contributed by atoms with Crippen molar-refractivity contribution in [1.29, 1.82) is 0 Å². The van der Waals surface area contributed by atoms with Gasteiger partial charge < -0.3 is 9.47 Å². The Hall–Kier alpha value is -1.98. The van der Waals surface area contributed by atoms with Crippen LogP contribution in [0.25, 0.3) is 0 Å². The lowest BCUT2D eigenvalue weighted by Gasteiger charge is -2.33. The van der Waals surface area contributed by atoms with Crippen LogP contribution in [0.4, 0.5) is 0 Å². The second-order valence-electron chi connectivity index (χ2n) is 14.0. The van der Waals surface area contributed by atoms with Crippen LogP contribution < -0.4 is 0 Å². The van der Waals surface area contributed by atoms with Gasteiger partial charge in [0, 0.05) is 25.9 Å². The maximum Gasteiger partial charge on any atom is 0.305 e. The number of carbonyl (C=O) groups is 2. The molecule has 0 amide bonds. The quantitative estimate of drug-likeness (QED) is 0.0384. The lowest BCUT2D eigenvalue weighted by molar-refractivity contribution is -0.148. The smallest absolute Gasteiger partial charge is 0.305 e. The van der Waals surface area contributed by atoms with Crippen LogP contribution in [0.3, 0.4) is 0 Å². The van der Waals surface area contributed by atoms with Gasteiger partial charge in [0.2, 0.25) is 0 Å². The topological polar surface area (TPSA) is 55.8 Å². The van der Waals surface area contributed by atoms with E-state index in [1.54, 1.807) is 0 Å². The van der Waals surface area contributed by atoms with Crippen LogP contribution in [0, 0.1) is 0 Å². The van der Waals surface area contributed by atoms with E-state index in [4.69, 9.17) is 9.47 Å². The second kappa shape index (κ2) is 35.8. The zero-order valence-electron chi connectivity index (χ0n) is 32.2. The fourth-order valence-electron chi connectivity index (χ4n) is 6.23. The number of ether oxygens (including phenoxy) is 2. The lowest BCUT2D eigenvalue weighted by atomic mass is 10.0. The number of rotatable bonds is 34. The van der Waals surface area contributed by atoms with Gasteiger partial charge in [-0.3, -0.25) is 14.5 Å². The molecule has 0 radical (unpaired) electrons. The van der Waals surface area contributed by atoms with Crippen LogP contribution in [-0.4, -0.2) is 55.6 Å². The number of ketones is 1. The van der Waals surface area contributed by atoms with Gasteiger partial charge in [-0.15, -0.1) is 0 Å². The number of Topliss-reactive ketones (excluding diaryl/α,β-unsaturated/α-hetero) is 1. The fourth-order valence-corrected chi connectivity index (χ4v) is 6.23. The van der Waals surface area contributed by atoms with Crippen molar-refractivity contribution in [3.8, 4) is 0 Å². The highest BCUT2D eigenvalue weighted by molar-refractivity contribution is 5.84. The van der Waals surface area contributed by atoms with E-state index in [9.17, 15) is 9.59 Å². The Kier molecular flexibility index (Phi) is 32.9. The lowest BCUT2D eigenvalue weighted by Crippen LogP contribution is -2.50. The van der Waals surface area contributed by atoms with Crippen molar-refractivity contribution in [3.05, 3.63) is 48.6 Å². The molecule has 0 aromatic heterocycles. The minimum atomic E-state index is -0.330. The average Bonchev–Trinajstić information content (AvgIpc) is 3.11. The molecule has 1 fully saturated rings. The molecule has 0 N–H and O–H groups in total. The highest BCUT2D eigenvalue weighted by atomic mass is 16.5. The first-order valence-corrected chi connectivity index (χ1v) is 20.8. The molecule has 1 unspecified atom stereocenters. The van der Waals surface area contributed by atoms with E-state index >= 15 is 0 Å². The summed E-state index contributed by atoms with van der Waals surface area (Å²) in [6.07, 6.45) is 47.9. The number of allylic oxidation sites excluding steroid dienone is 8. The van der Waals surface area contributed by atoms with Crippen LogP contribution in [-0.2, 0) is 19.1 Å². The van der Waals surface area contributed by atoms with E-state index in [0.717, 1.165) is 58.0 Å². The molecule has 1 aliphatic heterocycles. The Morgan fingerprint density at radius 2 is 0.980 bits per heavy atom. The minimum absolute atomic E-state index is 0.162. The normalized spacial score (nSPS) is 15.0. The zero-order valence-corrected chi connectivity index (χ0v) is 32.2. The van der Waals surface area contributed by atoms with E-state index in [0.29, 0.717) is 26.1 Å². The van der Waals surface area contributed by atoms with E-state index in [1.807, 2.05) is 0 Å². The van der Waals surface area contributed by atoms with Gasteiger partial charge >= 0.3 is 5.97 Å². The van der Waals surface area contributed by atoms with E-state index in [2.05, 4.69) is 67.4 Å². The molecule has 0 aliphatic carbocycles. The molecule has 1 saturated heterocycles. The maximum atomic E-state index is 13.2. The Bertz CT molecular complexity index is 870. The van der Waals surface area contributed by atoms with Gasteiger partial charge in [-0.05, 0) is 70.6 Å². The molecule has 0 saturated carbocycles. The van der Waals surface area contributed by atoms with Crippen LogP contribution >= 0.6 is 0 Å². The van der Waals surface area contributed by atoms with Crippen LogP contribution in [0.2, 0.25) is 0 Å². The van der Waals surface area contributed by atoms with Gasteiger partial charge in [-0.1, -0.05) is 146 Å². The van der Waals surface area contributed by atoms with Crippen molar-refractivity contribution in [2.45, 2.75) is 187 Å². The first kappa shape index (κ1) is 45.0. The Morgan fingerprint density at radius 3 is 1.49 bits per heavy atom. The fraction of sp³-hybridized carbons (Fsp3) is 0.773. The molecule has 282 valence electrons. The molecule has 1 rings (SSSR count). The van der Waals surface area contributed by atoms with Crippen molar-refractivity contribution in [2.24, 2.45) is 0 Å². The van der Waals surface area contributed by atoms with Crippen molar-refractivity contribution >= 4 is 11.8 Å². The number of hydrogen-bond acceptors (Lipinski definition) is 5. The van der Waals surface area contributed by atoms with E-state index < -0.39 is 0 Å². The summed E-state index contributed by atoms with van der Waals surface area (Å²) in [6.45, 7) is 7.39. The van der Waals surface area contributed by atoms with Gasteiger partial charge in [-0.2, -0.15) is 0 Å². The second-order valence-corrected chi connectivity index (χ2v) is 14.0. The van der Waals surface area contributed by atoms with Crippen LogP contribution in [0.1, 0.15) is 181 Å². The summed E-state index contributed by atoms with van der Waals surface area (Å²) in [6, 6.07) is -0.330. The highest BCUT2D eigenvalue weighted by Crippen LogP contribution is 2.15. The summed E-state index contributed by atoms with van der Waals surface area (Å²) in [5, 5.41) is 0. The largest absolute Gasteiger partial charge is 0.464 e. The Morgan fingerprint density at radius 1 is 0.551 bits per heavy atom. The highest BCUT2D eigenvalue weighted by Gasteiger charge is 2.28. The zero-order chi connectivity index (χ0) is 35.3. The van der Waals surface area contributed by atoms with Gasteiger partial charge in [0.15, 0.2) is 5.78 Å². The molecule has 1 atom stereocenters. The van der Waals surface area contributed by atoms with E-state index in [-0.39, 0.29) is 24.4 Å². The third-order valence-corrected chi connectivity index (χ3v) is 9.47. The molecule has 0 bridgehead atoms. The number of carbonyl (C=O) groups excluding carboxylic acids is 2.